The van der Waals surface area contributed by atoms with Crippen LogP contribution in [0.25, 0.3) is 0 Å². The van der Waals surface area contributed by atoms with Crippen molar-refractivity contribution in [2.45, 2.75) is 25.8 Å². The van der Waals surface area contributed by atoms with Gasteiger partial charge < -0.3 is 0 Å². The lowest BCUT2D eigenvalue weighted by molar-refractivity contribution is 0.530. The number of aromatic nitrogens is 2. The highest BCUT2D eigenvalue weighted by Crippen LogP contribution is 2.36. The molecular formula is C12H15BrCl2N4S. The second-order valence-electron chi connectivity index (χ2n) is 4.39. The summed E-state index contributed by atoms with van der Waals surface area (Å²) in [7, 11) is 1.93. The molecule has 0 saturated carbocycles. The van der Waals surface area contributed by atoms with Gasteiger partial charge in [-0.3, -0.25) is 16.0 Å². The minimum absolute atomic E-state index is 0.109. The first-order valence-corrected chi connectivity index (χ1v) is 8.45. The van der Waals surface area contributed by atoms with Crippen molar-refractivity contribution < 1.29 is 0 Å². The highest BCUT2D eigenvalue weighted by Gasteiger charge is 2.21. The molecule has 2 aromatic heterocycles. The summed E-state index contributed by atoms with van der Waals surface area (Å²) in [6.45, 7) is 2.07. The molecule has 1 atom stereocenters. The molecule has 0 spiro atoms. The monoisotopic (exact) mass is 396 g/mol. The maximum absolute atomic E-state index is 6.20. The Morgan fingerprint density at radius 2 is 2.25 bits per heavy atom. The zero-order valence-corrected chi connectivity index (χ0v) is 15.0. The first kappa shape index (κ1) is 16.3. The average Bonchev–Trinajstić information content (AvgIpc) is 2.87. The summed E-state index contributed by atoms with van der Waals surface area (Å²) in [6, 6.07) is 1.74. The van der Waals surface area contributed by atoms with E-state index in [1.165, 1.54) is 11.3 Å². The Morgan fingerprint density at radius 3 is 2.70 bits per heavy atom. The average molecular weight is 398 g/mol. The standard InChI is InChI=1S/C12H15BrCl2N4S/c1-3-7-11(13)9(19(2)18-7)5-8(17-16)6-4-10(14)20-12(6)15/h4,8,17H,3,5,16H2,1-2H3. The van der Waals surface area contributed by atoms with Gasteiger partial charge in [0.25, 0.3) is 0 Å². The topological polar surface area (TPSA) is 55.9 Å². The molecule has 4 nitrogen and oxygen atoms in total. The van der Waals surface area contributed by atoms with Crippen LogP contribution in [0.4, 0.5) is 0 Å². The van der Waals surface area contributed by atoms with Crippen molar-refractivity contribution in [3.63, 3.8) is 0 Å². The van der Waals surface area contributed by atoms with E-state index in [9.17, 15) is 0 Å². The number of aryl methyl sites for hydroxylation is 2. The van der Waals surface area contributed by atoms with Crippen LogP contribution in [-0.4, -0.2) is 9.78 Å². The van der Waals surface area contributed by atoms with Gasteiger partial charge in [0.15, 0.2) is 0 Å². The van der Waals surface area contributed by atoms with Crippen LogP contribution >= 0.6 is 50.5 Å². The van der Waals surface area contributed by atoms with Crippen LogP contribution in [0.15, 0.2) is 10.5 Å². The van der Waals surface area contributed by atoms with E-state index in [-0.39, 0.29) is 6.04 Å². The Kier molecular flexibility index (Phi) is 5.50. The third kappa shape index (κ3) is 3.21. The lowest BCUT2D eigenvalue weighted by Crippen LogP contribution is -2.30. The van der Waals surface area contributed by atoms with E-state index in [0.29, 0.717) is 15.1 Å². The molecule has 0 fully saturated rings. The molecule has 2 aromatic rings. The maximum atomic E-state index is 6.20. The zero-order chi connectivity index (χ0) is 14.9. The van der Waals surface area contributed by atoms with Gasteiger partial charge in [-0.25, -0.2) is 0 Å². The number of hydrogen-bond acceptors (Lipinski definition) is 4. The van der Waals surface area contributed by atoms with Gasteiger partial charge in [0.2, 0.25) is 0 Å². The Balaban J connectivity index is 2.31. The summed E-state index contributed by atoms with van der Waals surface area (Å²) < 4.78 is 4.21. The predicted octanol–water partition coefficient (Wildman–Crippen LogP) is 3.86. The van der Waals surface area contributed by atoms with Crippen molar-refractivity contribution in [1.29, 1.82) is 0 Å². The largest absolute Gasteiger partial charge is 0.271 e. The van der Waals surface area contributed by atoms with Gasteiger partial charge in [-0.05, 0) is 28.4 Å². The zero-order valence-electron chi connectivity index (χ0n) is 11.1. The van der Waals surface area contributed by atoms with Gasteiger partial charge in [0, 0.05) is 19.0 Å². The highest BCUT2D eigenvalue weighted by atomic mass is 79.9. The first-order valence-electron chi connectivity index (χ1n) is 6.09. The van der Waals surface area contributed by atoms with Crippen LogP contribution in [0.1, 0.15) is 29.9 Å². The SMILES string of the molecule is CCc1nn(C)c(CC(NN)c2cc(Cl)sc2Cl)c1Br. The van der Waals surface area contributed by atoms with Crippen molar-refractivity contribution in [1.82, 2.24) is 15.2 Å². The molecule has 2 heterocycles. The van der Waals surface area contributed by atoms with Crippen LogP contribution in [0.5, 0.6) is 0 Å². The fourth-order valence-corrected chi connectivity index (χ4v) is 4.44. The van der Waals surface area contributed by atoms with Crippen LogP contribution in [0, 0.1) is 0 Å². The quantitative estimate of drug-likeness (QED) is 0.594. The fraction of sp³-hybridized carbons (Fsp3) is 0.417. The third-order valence-electron chi connectivity index (χ3n) is 3.16. The van der Waals surface area contributed by atoms with Gasteiger partial charge >= 0.3 is 0 Å². The van der Waals surface area contributed by atoms with E-state index < -0.39 is 0 Å². The first-order chi connectivity index (χ1) is 9.47. The van der Waals surface area contributed by atoms with Crippen LogP contribution < -0.4 is 11.3 Å². The van der Waals surface area contributed by atoms with Gasteiger partial charge in [-0.1, -0.05) is 30.1 Å². The van der Waals surface area contributed by atoms with Gasteiger partial charge in [0.1, 0.15) is 0 Å². The number of nitrogens with one attached hydrogen (secondary N) is 1. The molecule has 0 aromatic carbocycles. The molecular weight excluding hydrogens is 383 g/mol. The molecule has 0 radical (unpaired) electrons. The van der Waals surface area contributed by atoms with E-state index in [4.69, 9.17) is 29.0 Å². The van der Waals surface area contributed by atoms with Gasteiger partial charge in [-0.15, -0.1) is 11.3 Å². The van der Waals surface area contributed by atoms with Crippen molar-refractivity contribution in [2.75, 3.05) is 0 Å². The van der Waals surface area contributed by atoms with E-state index >= 15 is 0 Å². The molecule has 110 valence electrons. The number of hydrazine groups is 1. The summed E-state index contributed by atoms with van der Waals surface area (Å²) >= 11 is 17.1. The fourth-order valence-electron chi connectivity index (χ4n) is 2.08. The Labute approximate surface area is 140 Å². The Bertz CT molecular complexity index is 611. The molecule has 0 bridgehead atoms. The molecule has 0 amide bonds. The normalized spacial score (nSPS) is 12.9. The van der Waals surface area contributed by atoms with Crippen LogP contribution in [0.3, 0.4) is 0 Å². The number of nitrogens with zero attached hydrogens (tertiary/aromatic N) is 2. The smallest absolute Gasteiger partial charge is 0.0992 e. The molecule has 8 heteroatoms. The highest BCUT2D eigenvalue weighted by molar-refractivity contribution is 9.10. The third-order valence-corrected chi connectivity index (χ3v) is 5.59. The number of nitrogens with two attached hydrogens (primary N) is 1. The summed E-state index contributed by atoms with van der Waals surface area (Å²) in [5, 5.41) is 4.48. The van der Waals surface area contributed by atoms with E-state index in [2.05, 4.69) is 33.4 Å². The summed E-state index contributed by atoms with van der Waals surface area (Å²) in [4.78, 5) is 0. The van der Waals surface area contributed by atoms with Crippen LogP contribution in [-0.2, 0) is 19.9 Å². The lowest BCUT2D eigenvalue weighted by Gasteiger charge is -2.15. The predicted molar refractivity (Wildman–Crippen MR) is 88.4 cm³/mol. The maximum Gasteiger partial charge on any atom is 0.0992 e. The molecule has 0 aliphatic carbocycles. The van der Waals surface area contributed by atoms with Crippen LogP contribution in [0.2, 0.25) is 8.67 Å². The van der Waals surface area contributed by atoms with Crippen molar-refractivity contribution in [2.24, 2.45) is 12.9 Å². The molecule has 1 unspecified atom stereocenters. The minimum Gasteiger partial charge on any atom is -0.271 e. The number of thiophene rings is 1. The molecule has 2 rings (SSSR count). The Hall–Kier alpha value is -0.110. The van der Waals surface area contributed by atoms with Crippen molar-refractivity contribution in [3.05, 3.63) is 36.2 Å². The number of rotatable bonds is 5. The summed E-state index contributed by atoms with van der Waals surface area (Å²) in [5.74, 6) is 5.68. The molecule has 20 heavy (non-hydrogen) atoms. The van der Waals surface area contributed by atoms with E-state index in [1.807, 2.05) is 17.8 Å². The Morgan fingerprint density at radius 1 is 1.55 bits per heavy atom. The van der Waals surface area contributed by atoms with Gasteiger partial charge in [0.05, 0.1) is 30.6 Å². The molecule has 0 saturated heterocycles. The second kappa shape index (κ2) is 6.77. The van der Waals surface area contributed by atoms with Crippen molar-refractivity contribution >= 4 is 50.5 Å². The lowest BCUT2D eigenvalue weighted by atomic mass is 10.1. The minimum atomic E-state index is -0.109. The van der Waals surface area contributed by atoms with E-state index in [1.54, 1.807) is 0 Å². The second-order valence-corrected chi connectivity index (χ2v) is 7.47. The summed E-state index contributed by atoms with van der Waals surface area (Å²) in [6.07, 6.45) is 1.55. The molecule has 0 aliphatic heterocycles. The number of hydrogen-bond donors (Lipinski definition) is 2. The number of halogens is 3. The van der Waals surface area contributed by atoms with E-state index in [0.717, 1.165) is 27.8 Å². The summed E-state index contributed by atoms with van der Waals surface area (Å²) in [5.41, 5.74) is 5.82. The van der Waals surface area contributed by atoms with Gasteiger partial charge in [-0.2, -0.15) is 5.10 Å². The van der Waals surface area contributed by atoms with Crippen molar-refractivity contribution in [3.8, 4) is 0 Å². The molecule has 3 N–H and O–H groups in total. The molecule has 0 aliphatic rings.